The van der Waals surface area contributed by atoms with Gasteiger partial charge >= 0.3 is 0 Å². The second kappa shape index (κ2) is 5.00. The van der Waals surface area contributed by atoms with Crippen LogP contribution in [0.4, 0.5) is 5.69 Å². The van der Waals surface area contributed by atoms with Gasteiger partial charge in [0, 0.05) is 17.1 Å². The van der Waals surface area contributed by atoms with E-state index in [2.05, 4.69) is 72.7 Å². The molecule has 0 spiro atoms. The fourth-order valence-electron chi connectivity index (χ4n) is 2.62. The Kier molecular flexibility index (Phi) is 3.18. The number of benzene rings is 2. The van der Waals surface area contributed by atoms with Crippen molar-refractivity contribution >= 4 is 16.6 Å². The van der Waals surface area contributed by atoms with Crippen molar-refractivity contribution in [3.05, 3.63) is 59.3 Å². The smallest absolute Gasteiger partial charge is 0.0670 e. The Labute approximate surface area is 119 Å². The molecule has 2 N–H and O–H groups in total. The molecule has 0 aliphatic carbocycles. The highest BCUT2D eigenvalue weighted by molar-refractivity contribution is 5.81. The highest BCUT2D eigenvalue weighted by atomic mass is 15.1. The third-order valence-electron chi connectivity index (χ3n) is 3.57. The lowest BCUT2D eigenvalue weighted by atomic mass is 10.0. The Morgan fingerprint density at radius 1 is 1.05 bits per heavy atom. The molecule has 102 valence electrons. The molecule has 3 rings (SSSR count). The van der Waals surface area contributed by atoms with Gasteiger partial charge in [-0.25, -0.2) is 0 Å². The third-order valence-corrected chi connectivity index (χ3v) is 3.57. The van der Waals surface area contributed by atoms with Gasteiger partial charge in [-0.05, 0) is 44.5 Å². The molecule has 0 radical (unpaired) electrons. The average molecular weight is 265 g/mol. The molecular weight excluding hydrogens is 246 g/mol. The van der Waals surface area contributed by atoms with Gasteiger partial charge in [-0.2, -0.15) is 5.10 Å². The standard InChI is InChI=1S/C17H19N3/c1-11-6-12(2)8-15(7-11)13(3)19-16-5-4-14-10-18-20-17(14)9-16/h4-10,13,19H,1-3H3,(H,18,20). The Hall–Kier alpha value is -2.29. The van der Waals surface area contributed by atoms with Crippen molar-refractivity contribution in [2.24, 2.45) is 0 Å². The molecule has 1 atom stereocenters. The van der Waals surface area contributed by atoms with E-state index in [1.165, 1.54) is 16.7 Å². The molecule has 0 amide bonds. The van der Waals surface area contributed by atoms with E-state index in [9.17, 15) is 0 Å². The van der Waals surface area contributed by atoms with Gasteiger partial charge in [-0.15, -0.1) is 0 Å². The SMILES string of the molecule is Cc1cc(C)cc(C(C)Nc2ccc3cn[nH]c3c2)c1. The van der Waals surface area contributed by atoms with Gasteiger partial charge in [-0.1, -0.05) is 29.3 Å². The maximum absolute atomic E-state index is 4.05. The number of nitrogens with zero attached hydrogens (tertiary/aromatic N) is 1. The average Bonchev–Trinajstić information content (AvgIpc) is 2.85. The van der Waals surface area contributed by atoms with Crippen LogP contribution in [0.15, 0.2) is 42.6 Å². The van der Waals surface area contributed by atoms with E-state index >= 15 is 0 Å². The monoisotopic (exact) mass is 265 g/mol. The molecule has 2 aromatic carbocycles. The van der Waals surface area contributed by atoms with Crippen molar-refractivity contribution < 1.29 is 0 Å². The predicted molar refractivity (Wildman–Crippen MR) is 84.0 cm³/mol. The van der Waals surface area contributed by atoms with Crippen LogP contribution in [0.5, 0.6) is 0 Å². The summed E-state index contributed by atoms with van der Waals surface area (Å²) in [6.45, 7) is 6.46. The fourth-order valence-corrected chi connectivity index (χ4v) is 2.62. The maximum atomic E-state index is 4.05. The van der Waals surface area contributed by atoms with Crippen molar-refractivity contribution in [1.82, 2.24) is 10.2 Å². The zero-order valence-corrected chi connectivity index (χ0v) is 12.1. The third kappa shape index (κ3) is 2.52. The number of rotatable bonds is 3. The molecule has 3 heteroatoms. The van der Waals surface area contributed by atoms with Gasteiger partial charge in [0.2, 0.25) is 0 Å². The first-order chi connectivity index (χ1) is 9.61. The van der Waals surface area contributed by atoms with E-state index in [1.807, 2.05) is 6.20 Å². The number of hydrogen-bond acceptors (Lipinski definition) is 2. The minimum atomic E-state index is 0.272. The lowest BCUT2D eigenvalue weighted by Crippen LogP contribution is -2.07. The number of aromatic nitrogens is 2. The molecule has 1 unspecified atom stereocenters. The molecule has 1 heterocycles. The summed E-state index contributed by atoms with van der Waals surface area (Å²) in [5, 5.41) is 11.7. The van der Waals surface area contributed by atoms with Crippen LogP contribution in [0.3, 0.4) is 0 Å². The van der Waals surface area contributed by atoms with Crippen LogP contribution in [-0.4, -0.2) is 10.2 Å². The van der Waals surface area contributed by atoms with Crippen molar-refractivity contribution in [2.45, 2.75) is 26.8 Å². The van der Waals surface area contributed by atoms with Crippen LogP contribution in [0.2, 0.25) is 0 Å². The molecule has 3 aromatic rings. The number of aromatic amines is 1. The summed E-state index contributed by atoms with van der Waals surface area (Å²) in [7, 11) is 0. The Bertz CT molecular complexity index is 723. The van der Waals surface area contributed by atoms with E-state index in [0.717, 1.165) is 16.6 Å². The van der Waals surface area contributed by atoms with E-state index < -0.39 is 0 Å². The van der Waals surface area contributed by atoms with Gasteiger partial charge < -0.3 is 5.32 Å². The molecule has 0 aliphatic rings. The molecule has 0 bridgehead atoms. The van der Waals surface area contributed by atoms with Crippen LogP contribution >= 0.6 is 0 Å². The summed E-state index contributed by atoms with van der Waals surface area (Å²) in [4.78, 5) is 0. The van der Waals surface area contributed by atoms with E-state index in [-0.39, 0.29) is 6.04 Å². The van der Waals surface area contributed by atoms with Crippen LogP contribution < -0.4 is 5.32 Å². The fraction of sp³-hybridized carbons (Fsp3) is 0.235. The molecular formula is C17H19N3. The van der Waals surface area contributed by atoms with E-state index in [0.29, 0.717) is 0 Å². The lowest BCUT2D eigenvalue weighted by Gasteiger charge is -2.17. The topological polar surface area (TPSA) is 40.7 Å². The molecule has 0 aliphatic heterocycles. The summed E-state index contributed by atoms with van der Waals surface area (Å²) in [5.41, 5.74) is 6.08. The van der Waals surface area contributed by atoms with Crippen LogP contribution in [-0.2, 0) is 0 Å². The number of nitrogens with one attached hydrogen (secondary N) is 2. The summed E-state index contributed by atoms with van der Waals surface area (Å²) >= 11 is 0. The largest absolute Gasteiger partial charge is 0.378 e. The Balaban J connectivity index is 1.85. The number of hydrogen-bond donors (Lipinski definition) is 2. The van der Waals surface area contributed by atoms with E-state index in [1.54, 1.807) is 0 Å². The van der Waals surface area contributed by atoms with Crippen molar-refractivity contribution in [3.63, 3.8) is 0 Å². The number of anilines is 1. The number of H-pyrrole nitrogens is 1. The van der Waals surface area contributed by atoms with Crippen LogP contribution in [0, 0.1) is 13.8 Å². The molecule has 0 saturated carbocycles. The second-order valence-electron chi connectivity index (χ2n) is 5.46. The van der Waals surface area contributed by atoms with E-state index in [4.69, 9.17) is 0 Å². The van der Waals surface area contributed by atoms with Gasteiger partial charge in [0.05, 0.1) is 11.7 Å². The van der Waals surface area contributed by atoms with Crippen molar-refractivity contribution in [3.8, 4) is 0 Å². The zero-order chi connectivity index (χ0) is 14.1. The quantitative estimate of drug-likeness (QED) is 0.739. The minimum Gasteiger partial charge on any atom is -0.378 e. The molecule has 20 heavy (non-hydrogen) atoms. The van der Waals surface area contributed by atoms with Gasteiger partial charge in [0.15, 0.2) is 0 Å². The Morgan fingerprint density at radius 3 is 2.55 bits per heavy atom. The summed E-state index contributed by atoms with van der Waals surface area (Å²) in [6.07, 6.45) is 1.84. The predicted octanol–water partition coefficient (Wildman–Crippen LogP) is 4.35. The van der Waals surface area contributed by atoms with Crippen molar-refractivity contribution in [2.75, 3.05) is 5.32 Å². The highest BCUT2D eigenvalue weighted by Gasteiger charge is 2.07. The Morgan fingerprint density at radius 2 is 1.80 bits per heavy atom. The molecule has 0 saturated heterocycles. The number of aryl methyl sites for hydroxylation is 2. The first kappa shape index (κ1) is 12.7. The molecule has 1 aromatic heterocycles. The van der Waals surface area contributed by atoms with Crippen LogP contribution in [0.1, 0.15) is 29.7 Å². The van der Waals surface area contributed by atoms with Gasteiger partial charge in [0.1, 0.15) is 0 Å². The summed E-state index contributed by atoms with van der Waals surface area (Å²) in [5.74, 6) is 0. The minimum absolute atomic E-state index is 0.272. The summed E-state index contributed by atoms with van der Waals surface area (Å²) < 4.78 is 0. The number of fused-ring (bicyclic) bond motifs is 1. The summed E-state index contributed by atoms with van der Waals surface area (Å²) in [6, 6.07) is 13.2. The second-order valence-corrected chi connectivity index (χ2v) is 5.46. The van der Waals surface area contributed by atoms with Crippen LogP contribution in [0.25, 0.3) is 10.9 Å². The molecule has 3 nitrogen and oxygen atoms in total. The lowest BCUT2D eigenvalue weighted by molar-refractivity contribution is 0.881. The maximum Gasteiger partial charge on any atom is 0.0670 e. The first-order valence-corrected chi connectivity index (χ1v) is 6.90. The van der Waals surface area contributed by atoms with Gasteiger partial charge in [-0.3, -0.25) is 5.10 Å². The normalized spacial score (nSPS) is 12.6. The van der Waals surface area contributed by atoms with Gasteiger partial charge in [0.25, 0.3) is 0 Å². The first-order valence-electron chi connectivity index (χ1n) is 6.90. The van der Waals surface area contributed by atoms with Crippen molar-refractivity contribution in [1.29, 1.82) is 0 Å². The highest BCUT2D eigenvalue weighted by Crippen LogP contribution is 2.23. The zero-order valence-electron chi connectivity index (χ0n) is 12.1. The molecule has 0 fully saturated rings.